The summed E-state index contributed by atoms with van der Waals surface area (Å²) in [6.07, 6.45) is 7.82. The largest absolute Gasteiger partial charge is 0.496 e. The molecule has 118 valence electrons. The average molecular weight is 289 g/mol. The van der Waals surface area contributed by atoms with Crippen molar-refractivity contribution in [3.05, 3.63) is 29.8 Å². The van der Waals surface area contributed by atoms with Gasteiger partial charge in [-0.3, -0.25) is 0 Å². The minimum Gasteiger partial charge on any atom is -0.496 e. The van der Waals surface area contributed by atoms with Gasteiger partial charge in [-0.2, -0.15) is 0 Å². The molecule has 0 radical (unpaired) electrons. The molecule has 0 aliphatic heterocycles. The summed E-state index contributed by atoms with van der Waals surface area (Å²) in [7, 11) is 1.77. The van der Waals surface area contributed by atoms with Crippen LogP contribution in [0.2, 0.25) is 0 Å². The van der Waals surface area contributed by atoms with Gasteiger partial charge in [0, 0.05) is 6.04 Å². The summed E-state index contributed by atoms with van der Waals surface area (Å²) in [6.45, 7) is 5.70. The minimum absolute atomic E-state index is 0.595. The first-order chi connectivity index (χ1) is 10.3. The Morgan fingerprint density at radius 2 is 2.05 bits per heavy atom. The van der Waals surface area contributed by atoms with Crippen LogP contribution in [0.15, 0.2) is 24.3 Å². The van der Waals surface area contributed by atoms with Crippen LogP contribution in [0, 0.1) is 11.8 Å². The topological polar surface area (TPSA) is 21.3 Å². The highest BCUT2D eigenvalue weighted by Gasteiger charge is 2.30. The molecule has 1 aliphatic rings. The lowest BCUT2D eigenvalue weighted by atomic mass is 9.90. The molecule has 1 aromatic carbocycles. The molecule has 3 atom stereocenters. The summed E-state index contributed by atoms with van der Waals surface area (Å²) in [5, 5.41) is 3.80. The summed E-state index contributed by atoms with van der Waals surface area (Å²) < 4.78 is 5.53. The van der Waals surface area contributed by atoms with Gasteiger partial charge in [-0.15, -0.1) is 0 Å². The Hall–Kier alpha value is -1.02. The van der Waals surface area contributed by atoms with Crippen LogP contribution in [0.4, 0.5) is 0 Å². The second kappa shape index (κ2) is 8.43. The highest BCUT2D eigenvalue weighted by atomic mass is 16.5. The Balaban J connectivity index is 2.05. The number of hydrogen-bond donors (Lipinski definition) is 1. The Bertz CT molecular complexity index is 418. The first-order valence-electron chi connectivity index (χ1n) is 8.63. The second-order valence-corrected chi connectivity index (χ2v) is 6.42. The summed E-state index contributed by atoms with van der Waals surface area (Å²) in [5.74, 6) is 2.80. The van der Waals surface area contributed by atoms with Crippen LogP contribution in [0.3, 0.4) is 0 Å². The Morgan fingerprint density at radius 1 is 1.24 bits per heavy atom. The molecule has 0 heterocycles. The molecular weight excluding hydrogens is 258 g/mol. The van der Waals surface area contributed by atoms with Gasteiger partial charge in [-0.1, -0.05) is 44.9 Å². The normalized spacial score (nSPS) is 23.2. The van der Waals surface area contributed by atoms with Crippen LogP contribution in [0.1, 0.15) is 51.5 Å². The van der Waals surface area contributed by atoms with Gasteiger partial charge in [-0.25, -0.2) is 0 Å². The number of nitrogens with one attached hydrogen (secondary N) is 1. The quantitative estimate of drug-likeness (QED) is 0.764. The van der Waals surface area contributed by atoms with Crippen LogP contribution < -0.4 is 10.1 Å². The van der Waals surface area contributed by atoms with E-state index in [4.69, 9.17) is 4.74 Å². The molecule has 1 aliphatic carbocycles. The molecule has 1 aromatic rings. The number of hydrogen-bond acceptors (Lipinski definition) is 2. The number of methoxy groups -OCH3 is 1. The summed E-state index contributed by atoms with van der Waals surface area (Å²) in [6, 6.07) is 9.07. The smallest absolute Gasteiger partial charge is 0.122 e. The van der Waals surface area contributed by atoms with E-state index in [1.54, 1.807) is 7.11 Å². The van der Waals surface area contributed by atoms with Gasteiger partial charge in [0.15, 0.2) is 0 Å². The lowest BCUT2D eigenvalue weighted by Gasteiger charge is -2.26. The lowest BCUT2D eigenvalue weighted by Crippen LogP contribution is -2.37. The Morgan fingerprint density at radius 3 is 2.71 bits per heavy atom. The first-order valence-corrected chi connectivity index (χ1v) is 8.63. The molecule has 21 heavy (non-hydrogen) atoms. The van der Waals surface area contributed by atoms with Crippen molar-refractivity contribution in [1.29, 1.82) is 0 Å². The molecular formula is C19H31NO. The van der Waals surface area contributed by atoms with Gasteiger partial charge < -0.3 is 10.1 Å². The fourth-order valence-corrected chi connectivity index (χ4v) is 3.69. The van der Waals surface area contributed by atoms with E-state index in [2.05, 4.69) is 43.4 Å². The van der Waals surface area contributed by atoms with Crippen molar-refractivity contribution >= 4 is 0 Å². The summed E-state index contributed by atoms with van der Waals surface area (Å²) in [4.78, 5) is 0. The average Bonchev–Trinajstić information content (AvgIpc) is 3.00. The zero-order chi connectivity index (χ0) is 15.1. The van der Waals surface area contributed by atoms with E-state index in [0.29, 0.717) is 6.04 Å². The predicted octanol–water partition coefficient (Wildman–Crippen LogP) is 4.43. The van der Waals surface area contributed by atoms with Gasteiger partial charge in [0.05, 0.1) is 7.11 Å². The molecule has 2 nitrogen and oxygen atoms in total. The van der Waals surface area contributed by atoms with Crippen molar-refractivity contribution in [3.63, 3.8) is 0 Å². The third kappa shape index (κ3) is 4.47. The molecule has 0 bridgehead atoms. The maximum atomic E-state index is 5.53. The van der Waals surface area contributed by atoms with E-state index in [-0.39, 0.29) is 0 Å². The minimum atomic E-state index is 0.595. The van der Waals surface area contributed by atoms with Crippen molar-refractivity contribution in [2.24, 2.45) is 11.8 Å². The molecule has 3 unspecified atom stereocenters. The highest BCUT2D eigenvalue weighted by molar-refractivity contribution is 5.34. The second-order valence-electron chi connectivity index (χ2n) is 6.42. The van der Waals surface area contributed by atoms with Crippen molar-refractivity contribution < 1.29 is 4.74 Å². The summed E-state index contributed by atoms with van der Waals surface area (Å²) in [5.41, 5.74) is 1.34. The van der Waals surface area contributed by atoms with Crippen LogP contribution >= 0.6 is 0 Å². The maximum absolute atomic E-state index is 5.53. The van der Waals surface area contributed by atoms with Crippen molar-refractivity contribution in [2.75, 3.05) is 13.7 Å². The van der Waals surface area contributed by atoms with Gasteiger partial charge >= 0.3 is 0 Å². The number of benzene rings is 1. The Labute approximate surface area is 130 Å². The molecule has 2 heteroatoms. The molecule has 2 rings (SSSR count). The fraction of sp³-hybridized carbons (Fsp3) is 0.684. The third-order valence-corrected chi connectivity index (χ3v) is 5.02. The van der Waals surface area contributed by atoms with E-state index < -0.39 is 0 Å². The zero-order valence-corrected chi connectivity index (χ0v) is 13.9. The fourth-order valence-electron chi connectivity index (χ4n) is 3.69. The van der Waals surface area contributed by atoms with Crippen LogP contribution in [-0.4, -0.2) is 19.7 Å². The highest BCUT2D eigenvalue weighted by Crippen LogP contribution is 2.36. The van der Waals surface area contributed by atoms with E-state index in [9.17, 15) is 0 Å². The van der Waals surface area contributed by atoms with Crippen LogP contribution in [0.5, 0.6) is 5.75 Å². The number of para-hydroxylation sites is 1. The van der Waals surface area contributed by atoms with E-state index in [0.717, 1.165) is 30.6 Å². The molecule has 1 N–H and O–H groups in total. The van der Waals surface area contributed by atoms with Crippen molar-refractivity contribution in [2.45, 2.75) is 58.4 Å². The van der Waals surface area contributed by atoms with E-state index >= 15 is 0 Å². The van der Waals surface area contributed by atoms with Crippen LogP contribution in [0.25, 0.3) is 0 Å². The first kappa shape index (κ1) is 16.4. The zero-order valence-electron chi connectivity index (χ0n) is 13.9. The molecule has 0 saturated heterocycles. The van der Waals surface area contributed by atoms with Gasteiger partial charge in [0.2, 0.25) is 0 Å². The molecule has 0 spiro atoms. The number of rotatable bonds is 8. The number of ether oxygens (including phenoxy) is 1. The third-order valence-electron chi connectivity index (χ3n) is 5.02. The van der Waals surface area contributed by atoms with Gasteiger partial charge in [0.1, 0.15) is 5.75 Å². The maximum Gasteiger partial charge on any atom is 0.122 e. The lowest BCUT2D eigenvalue weighted by molar-refractivity contribution is 0.338. The Kier molecular flexibility index (Phi) is 6.56. The van der Waals surface area contributed by atoms with E-state index in [1.165, 1.54) is 37.7 Å². The van der Waals surface area contributed by atoms with Crippen molar-refractivity contribution in [3.8, 4) is 5.75 Å². The molecule has 1 saturated carbocycles. The van der Waals surface area contributed by atoms with E-state index in [1.807, 2.05) is 0 Å². The van der Waals surface area contributed by atoms with Crippen molar-refractivity contribution in [1.82, 2.24) is 5.32 Å². The summed E-state index contributed by atoms with van der Waals surface area (Å²) >= 11 is 0. The van der Waals surface area contributed by atoms with Crippen LogP contribution in [-0.2, 0) is 6.42 Å². The SMILES string of the molecule is CCCNC(Cc1ccccc1OC)C1CCC(CC)C1. The molecule has 0 amide bonds. The predicted molar refractivity (Wildman–Crippen MR) is 89.9 cm³/mol. The standard InChI is InChI=1S/C19H31NO/c1-4-12-20-18(16-11-10-15(5-2)13-16)14-17-8-6-7-9-19(17)21-3/h6-9,15-16,18,20H,4-5,10-14H2,1-3H3. The van der Waals surface area contributed by atoms with Gasteiger partial charge in [-0.05, 0) is 55.7 Å². The van der Waals surface area contributed by atoms with Gasteiger partial charge in [0.25, 0.3) is 0 Å². The molecule has 1 fully saturated rings. The molecule has 0 aromatic heterocycles. The monoisotopic (exact) mass is 289 g/mol.